The fraction of sp³-hybridized carbons (Fsp3) is 0.500. The summed E-state index contributed by atoms with van der Waals surface area (Å²) in [5.41, 5.74) is 2.82. The highest BCUT2D eigenvalue weighted by Gasteiger charge is 2.34. The van der Waals surface area contributed by atoms with E-state index in [-0.39, 0.29) is 11.6 Å². The molecule has 0 aromatic heterocycles. The van der Waals surface area contributed by atoms with Gasteiger partial charge in [0, 0.05) is 28.8 Å². The Morgan fingerprint density at radius 1 is 0.870 bits per heavy atom. The molecule has 4 rings (SSSR count). The molecule has 0 radical (unpaired) electrons. The number of carbonyl (C=O) groups excluding carboxylic acids is 2. The number of benzene rings is 1. The first kappa shape index (κ1) is 14.8. The number of hydrogen-bond donors (Lipinski definition) is 0. The number of Topliss-reactive ketones (excluding diaryl/α,β-unsaturated/α-hetero) is 2. The lowest BCUT2D eigenvalue weighted by atomic mass is 9.82. The van der Waals surface area contributed by atoms with Crippen LogP contribution in [0.25, 0.3) is 0 Å². The zero-order chi connectivity index (χ0) is 15.8. The molecule has 1 heterocycles. The van der Waals surface area contributed by atoms with Gasteiger partial charge in [0.25, 0.3) is 0 Å². The molecule has 3 heteroatoms. The lowest BCUT2D eigenvalue weighted by Gasteiger charge is -2.22. The monoisotopic (exact) mass is 309 g/mol. The van der Waals surface area contributed by atoms with Crippen LogP contribution in [0.3, 0.4) is 0 Å². The maximum atomic E-state index is 12.8. The van der Waals surface area contributed by atoms with E-state index < -0.39 is 0 Å². The standard InChI is InChI=1S/C20H23NO2/c22-19-15-5-1-2-6-16(15)20(23)18-10-8-14(7-9-17(18)19)13-21-11-3-4-12-21/h1-2,5-6,14H,3-4,7-13H2. The Morgan fingerprint density at radius 2 is 1.39 bits per heavy atom. The van der Waals surface area contributed by atoms with Crippen molar-refractivity contribution in [1.82, 2.24) is 4.90 Å². The molecule has 3 aliphatic rings. The van der Waals surface area contributed by atoms with E-state index in [0.29, 0.717) is 17.0 Å². The molecule has 1 aromatic rings. The summed E-state index contributed by atoms with van der Waals surface area (Å²) in [4.78, 5) is 28.1. The summed E-state index contributed by atoms with van der Waals surface area (Å²) >= 11 is 0. The molecule has 0 amide bonds. The zero-order valence-corrected chi connectivity index (χ0v) is 13.5. The van der Waals surface area contributed by atoms with E-state index in [0.717, 1.165) is 43.4 Å². The summed E-state index contributed by atoms with van der Waals surface area (Å²) < 4.78 is 0. The zero-order valence-electron chi connectivity index (χ0n) is 13.5. The Bertz CT molecular complexity index is 634. The molecule has 2 aliphatic carbocycles. The van der Waals surface area contributed by atoms with Gasteiger partial charge in [-0.2, -0.15) is 0 Å². The number of carbonyl (C=O) groups is 2. The van der Waals surface area contributed by atoms with E-state index in [9.17, 15) is 9.59 Å². The number of fused-ring (bicyclic) bond motifs is 1. The van der Waals surface area contributed by atoms with Crippen LogP contribution in [0.2, 0.25) is 0 Å². The molecule has 0 unspecified atom stereocenters. The highest BCUT2D eigenvalue weighted by atomic mass is 16.1. The van der Waals surface area contributed by atoms with Gasteiger partial charge in [-0.15, -0.1) is 0 Å². The fourth-order valence-electron chi connectivity index (χ4n) is 4.36. The van der Waals surface area contributed by atoms with Crippen molar-refractivity contribution in [3.05, 3.63) is 46.5 Å². The summed E-state index contributed by atoms with van der Waals surface area (Å²) in [7, 11) is 0. The Labute approximate surface area is 137 Å². The number of nitrogens with zero attached hydrogens (tertiary/aromatic N) is 1. The van der Waals surface area contributed by atoms with Gasteiger partial charge in [0.1, 0.15) is 0 Å². The molecule has 0 atom stereocenters. The first-order valence-electron chi connectivity index (χ1n) is 8.87. The van der Waals surface area contributed by atoms with Gasteiger partial charge in [0.2, 0.25) is 0 Å². The molecule has 120 valence electrons. The molecule has 1 aliphatic heterocycles. The van der Waals surface area contributed by atoms with Crippen LogP contribution < -0.4 is 0 Å². The average Bonchev–Trinajstić information content (AvgIpc) is 2.99. The first-order valence-corrected chi connectivity index (χ1v) is 8.87. The third kappa shape index (κ3) is 2.67. The van der Waals surface area contributed by atoms with Gasteiger partial charge in [0.15, 0.2) is 11.6 Å². The van der Waals surface area contributed by atoms with Gasteiger partial charge < -0.3 is 4.90 Å². The number of allylic oxidation sites excluding steroid dienone is 2. The minimum Gasteiger partial charge on any atom is -0.303 e. The third-order valence-electron chi connectivity index (χ3n) is 5.65. The van der Waals surface area contributed by atoms with Crippen molar-refractivity contribution in [3.63, 3.8) is 0 Å². The summed E-state index contributed by atoms with van der Waals surface area (Å²) in [6.45, 7) is 3.57. The smallest absolute Gasteiger partial charge is 0.190 e. The van der Waals surface area contributed by atoms with E-state index in [1.54, 1.807) is 12.1 Å². The second-order valence-corrected chi connectivity index (χ2v) is 7.11. The molecule has 3 nitrogen and oxygen atoms in total. The molecule has 0 saturated carbocycles. The molecule has 0 N–H and O–H groups in total. The Kier molecular flexibility index (Phi) is 3.90. The second-order valence-electron chi connectivity index (χ2n) is 7.11. The number of rotatable bonds is 2. The van der Waals surface area contributed by atoms with E-state index in [1.807, 2.05) is 12.1 Å². The maximum absolute atomic E-state index is 12.8. The topological polar surface area (TPSA) is 37.4 Å². The van der Waals surface area contributed by atoms with Crippen molar-refractivity contribution in [2.45, 2.75) is 38.5 Å². The van der Waals surface area contributed by atoms with Crippen molar-refractivity contribution in [1.29, 1.82) is 0 Å². The van der Waals surface area contributed by atoms with Gasteiger partial charge in [0.05, 0.1) is 0 Å². The van der Waals surface area contributed by atoms with E-state index in [2.05, 4.69) is 4.90 Å². The van der Waals surface area contributed by atoms with Crippen molar-refractivity contribution in [3.8, 4) is 0 Å². The van der Waals surface area contributed by atoms with Crippen molar-refractivity contribution < 1.29 is 9.59 Å². The van der Waals surface area contributed by atoms with Crippen LogP contribution in [-0.4, -0.2) is 36.1 Å². The molecule has 0 spiro atoms. The van der Waals surface area contributed by atoms with Gasteiger partial charge in [-0.3, -0.25) is 9.59 Å². The molecule has 0 bridgehead atoms. The lowest BCUT2D eigenvalue weighted by molar-refractivity contribution is 0.0970. The molecular weight excluding hydrogens is 286 g/mol. The third-order valence-corrected chi connectivity index (χ3v) is 5.65. The highest BCUT2D eigenvalue weighted by molar-refractivity contribution is 6.26. The average molecular weight is 309 g/mol. The highest BCUT2D eigenvalue weighted by Crippen LogP contribution is 2.36. The van der Waals surface area contributed by atoms with Gasteiger partial charge >= 0.3 is 0 Å². The van der Waals surface area contributed by atoms with Gasteiger partial charge in [-0.25, -0.2) is 0 Å². The quantitative estimate of drug-likeness (QED) is 0.837. The van der Waals surface area contributed by atoms with Crippen LogP contribution in [0.5, 0.6) is 0 Å². The van der Waals surface area contributed by atoms with Gasteiger partial charge in [-0.1, -0.05) is 24.3 Å². The van der Waals surface area contributed by atoms with Crippen LogP contribution in [0.4, 0.5) is 0 Å². The number of ketones is 2. The Morgan fingerprint density at radius 3 is 1.91 bits per heavy atom. The van der Waals surface area contributed by atoms with Crippen LogP contribution in [0, 0.1) is 5.92 Å². The lowest BCUT2D eigenvalue weighted by Crippen LogP contribution is -2.26. The minimum absolute atomic E-state index is 0.0945. The van der Waals surface area contributed by atoms with Crippen molar-refractivity contribution in [2.24, 2.45) is 5.92 Å². The summed E-state index contributed by atoms with van der Waals surface area (Å²) in [6, 6.07) is 7.29. The van der Waals surface area contributed by atoms with Gasteiger partial charge in [-0.05, 0) is 57.5 Å². The summed E-state index contributed by atoms with van der Waals surface area (Å²) in [5.74, 6) is 0.802. The second kappa shape index (κ2) is 6.04. The maximum Gasteiger partial charge on any atom is 0.190 e. The minimum atomic E-state index is 0.0945. The number of hydrogen-bond acceptors (Lipinski definition) is 3. The molecule has 1 aromatic carbocycles. The Balaban J connectivity index is 1.54. The largest absolute Gasteiger partial charge is 0.303 e. The van der Waals surface area contributed by atoms with Crippen LogP contribution in [0.1, 0.15) is 59.2 Å². The normalized spacial score (nSPS) is 23.0. The summed E-state index contributed by atoms with van der Waals surface area (Å²) in [5, 5.41) is 0. The molecule has 23 heavy (non-hydrogen) atoms. The van der Waals surface area contributed by atoms with E-state index in [1.165, 1.54) is 25.9 Å². The predicted molar refractivity (Wildman–Crippen MR) is 89.8 cm³/mol. The van der Waals surface area contributed by atoms with Crippen LogP contribution >= 0.6 is 0 Å². The summed E-state index contributed by atoms with van der Waals surface area (Å²) in [6.07, 6.45) is 6.24. The van der Waals surface area contributed by atoms with Crippen LogP contribution in [-0.2, 0) is 0 Å². The molecule has 1 fully saturated rings. The Hall–Kier alpha value is -1.74. The first-order chi connectivity index (χ1) is 11.2. The predicted octanol–water partition coefficient (Wildman–Crippen LogP) is 3.65. The van der Waals surface area contributed by atoms with E-state index in [4.69, 9.17) is 0 Å². The van der Waals surface area contributed by atoms with Crippen molar-refractivity contribution in [2.75, 3.05) is 19.6 Å². The SMILES string of the molecule is O=C1C2=C(CCC(CN3CCCC3)CC2)C(=O)c2ccccc21. The molecule has 1 saturated heterocycles. The fourth-order valence-corrected chi connectivity index (χ4v) is 4.36. The van der Waals surface area contributed by atoms with Crippen LogP contribution in [0.15, 0.2) is 35.4 Å². The molecular formula is C20H23NO2. The number of likely N-dealkylation sites (tertiary alicyclic amines) is 1. The van der Waals surface area contributed by atoms with E-state index >= 15 is 0 Å². The van der Waals surface area contributed by atoms with Crippen molar-refractivity contribution >= 4 is 11.6 Å².